The highest BCUT2D eigenvalue weighted by Gasteiger charge is 2.32. The molecule has 0 saturated heterocycles. The number of rotatable bonds is 5. The van der Waals surface area contributed by atoms with E-state index in [9.17, 15) is 9.59 Å². The van der Waals surface area contributed by atoms with Crippen molar-refractivity contribution in [3.63, 3.8) is 0 Å². The van der Waals surface area contributed by atoms with Crippen LogP contribution in [0.4, 0.5) is 5.69 Å². The molecule has 3 rings (SSSR count). The Labute approximate surface area is 160 Å². The lowest BCUT2D eigenvalue weighted by Crippen LogP contribution is -2.18. The number of ketones is 1. The summed E-state index contributed by atoms with van der Waals surface area (Å²) in [4.78, 5) is 30.5. The van der Waals surface area contributed by atoms with E-state index < -0.39 is 0 Å². The molecule has 1 aliphatic carbocycles. The van der Waals surface area contributed by atoms with Crippen molar-refractivity contribution < 1.29 is 14.3 Å². The van der Waals surface area contributed by atoms with Crippen molar-refractivity contribution >= 4 is 17.4 Å². The van der Waals surface area contributed by atoms with E-state index in [1.165, 1.54) is 0 Å². The fourth-order valence-electron chi connectivity index (χ4n) is 3.64. The Hall–Kier alpha value is -2.56. The molecule has 0 spiro atoms. The number of nitrogens with zero attached hydrogens (tertiary/aromatic N) is 1. The molecular weight excluding hydrogens is 340 g/mol. The summed E-state index contributed by atoms with van der Waals surface area (Å²) in [5.74, 6) is -0.164. The molecule has 2 aromatic rings. The second kappa shape index (κ2) is 7.59. The quantitative estimate of drug-likeness (QED) is 0.801. The third kappa shape index (κ3) is 3.77. The van der Waals surface area contributed by atoms with Crippen LogP contribution >= 0.6 is 0 Å². The largest absolute Gasteiger partial charge is 0.458 e. The van der Waals surface area contributed by atoms with Gasteiger partial charge in [0.25, 0.3) is 0 Å². The van der Waals surface area contributed by atoms with Gasteiger partial charge in [0.2, 0.25) is 0 Å². The highest BCUT2D eigenvalue weighted by molar-refractivity contribution is 6.03. The van der Waals surface area contributed by atoms with Gasteiger partial charge in [0, 0.05) is 37.5 Å². The Balaban J connectivity index is 1.86. The van der Waals surface area contributed by atoms with E-state index in [0.29, 0.717) is 23.2 Å². The summed E-state index contributed by atoms with van der Waals surface area (Å²) in [6.07, 6.45) is 1.80. The number of aromatic nitrogens is 1. The zero-order chi connectivity index (χ0) is 19.7. The molecule has 144 valence electrons. The number of Topliss-reactive ketones (excluding diaryl/α,β-unsaturated/α-hetero) is 1. The zero-order valence-electron chi connectivity index (χ0n) is 16.8. The number of hydrogen-bond donors (Lipinski definition) is 1. The van der Waals surface area contributed by atoms with Gasteiger partial charge in [-0.05, 0) is 55.9 Å². The molecule has 2 atom stereocenters. The van der Waals surface area contributed by atoms with Crippen molar-refractivity contribution in [2.75, 3.05) is 19.0 Å². The smallest absolute Gasteiger partial charge is 0.355 e. The van der Waals surface area contributed by atoms with Gasteiger partial charge in [0.1, 0.15) is 5.69 Å². The highest BCUT2D eigenvalue weighted by atomic mass is 16.5. The fourth-order valence-corrected chi connectivity index (χ4v) is 3.64. The molecule has 0 aliphatic heterocycles. The summed E-state index contributed by atoms with van der Waals surface area (Å²) in [7, 11) is 4.01. The molecule has 0 bridgehead atoms. The SMILES string of the molecule is CC[C@@H](C)OC(=O)c1[nH]c2c(c1C)C(=O)C[C@@H](c1ccc(N(C)C)cc1)C2. The zero-order valence-corrected chi connectivity index (χ0v) is 16.8. The minimum atomic E-state index is -0.379. The normalized spacial score (nSPS) is 17.4. The molecule has 1 heterocycles. The molecule has 0 amide bonds. The standard InChI is InChI=1S/C22H28N2O3/c1-6-13(2)27-22(26)21-14(3)20-18(23-21)11-16(12-19(20)25)15-7-9-17(10-8-15)24(4)5/h7-10,13,16,23H,6,11-12H2,1-5H3/t13-,16+/m1/s1. The lowest BCUT2D eigenvalue weighted by Gasteiger charge is -2.23. The number of anilines is 1. The average Bonchev–Trinajstić information content (AvgIpc) is 2.98. The van der Waals surface area contributed by atoms with E-state index in [1.54, 1.807) is 0 Å². The Morgan fingerprint density at radius 1 is 1.26 bits per heavy atom. The van der Waals surface area contributed by atoms with Crippen molar-refractivity contribution in [3.05, 3.63) is 52.3 Å². The van der Waals surface area contributed by atoms with Crippen molar-refractivity contribution in [1.82, 2.24) is 4.98 Å². The fraction of sp³-hybridized carbons (Fsp3) is 0.455. The molecule has 1 aliphatic rings. The van der Waals surface area contributed by atoms with Gasteiger partial charge < -0.3 is 14.6 Å². The second-order valence-electron chi connectivity index (χ2n) is 7.62. The Morgan fingerprint density at radius 2 is 1.93 bits per heavy atom. The molecular formula is C22H28N2O3. The number of fused-ring (bicyclic) bond motifs is 1. The number of carbonyl (C=O) groups is 2. The van der Waals surface area contributed by atoms with Crippen LogP contribution in [0.2, 0.25) is 0 Å². The first kappa shape index (κ1) is 19.2. The third-order valence-corrected chi connectivity index (χ3v) is 5.46. The first-order valence-corrected chi connectivity index (χ1v) is 9.54. The second-order valence-corrected chi connectivity index (χ2v) is 7.62. The molecule has 0 radical (unpaired) electrons. The van der Waals surface area contributed by atoms with E-state index >= 15 is 0 Å². The van der Waals surface area contributed by atoms with Crippen LogP contribution in [0.5, 0.6) is 0 Å². The number of esters is 1. The first-order valence-electron chi connectivity index (χ1n) is 9.54. The van der Waals surface area contributed by atoms with E-state index in [2.05, 4.69) is 34.1 Å². The number of carbonyl (C=O) groups excluding carboxylic acids is 2. The topological polar surface area (TPSA) is 62.4 Å². The van der Waals surface area contributed by atoms with Gasteiger partial charge in [-0.1, -0.05) is 19.1 Å². The van der Waals surface area contributed by atoms with Crippen LogP contribution in [-0.2, 0) is 11.2 Å². The van der Waals surface area contributed by atoms with Crippen LogP contribution < -0.4 is 4.90 Å². The predicted octanol–water partition coefficient (Wildman–Crippen LogP) is 4.26. The monoisotopic (exact) mass is 368 g/mol. The van der Waals surface area contributed by atoms with Crippen LogP contribution in [0.25, 0.3) is 0 Å². The average molecular weight is 368 g/mol. The lowest BCUT2D eigenvalue weighted by molar-refractivity contribution is 0.0327. The minimum Gasteiger partial charge on any atom is -0.458 e. The molecule has 1 N–H and O–H groups in total. The molecule has 0 fully saturated rings. The van der Waals surface area contributed by atoms with Crippen LogP contribution in [0, 0.1) is 6.92 Å². The van der Waals surface area contributed by atoms with Crippen molar-refractivity contribution in [3.8, 4) is 0 Å². The molecule has 0 unspecified atom stereocenters. The van der Waals surface area contributed by atoms with E-state index in [-0.39, 0.29) is 23.8 Å². The number of aromatic amines is 1. The number of benzene rings is 1. The van der Waals surface area contributed by atoms with Gasteiger partial charge in [-0.2, -0.15) is 0 Å². The lowest BCUT2D eigenvalue weighted by atomic mass is 9.81. The third-order valence-electron chi connectivity index (χ3n) is 5.46. The van der Waals surface area contributed by atoms with Gasteiger partial charge in [0.05, 0.1) is 6.10 Å². The van der Waals surface area contributed by atoms with Crippen LogP contribution in [0.1, 0.15) is 70.3 Å². The van der Waals surface area contributed by atoms with Gasteiger partial charge in [-0.15, -0.1) is 0 Å². The van der Waals surface area contributed by atoms with E-state index in [0.717, 1.165) is 29.8 Å². The summed E-state index contributed by atoms with van der Waals surface area (Å²) >= 11 is 0. The summed E-state index contributed by atoms with van der Waals surface area (Å²) in [5.41, 5.74) is 4.93. The molecule has 5 heteroatoms. The van der Waals surface area contributed by atoms with E-state index in [4.69, 9.17) is 4.74 Å². The van der Waals surface area contributed by atoms with Gasteiger partial charge in [0.15, 0.2) is 5.78 Å². The van der Waals surface area contributed by atoms with Gasteiger partial charge >= 0.3 is 5.97 Å². The predicted molar refractivity (Wildman–Crippen MR) is 107 cm³/mol. The maximum atomic E-state index is 12.8. The van der Waals surface area contributed by atoms with Crippen molar-refractivity contribution in [2.24, 2.45) is 0 Å². The molecule has 1 aromatic heterocycles. The summed E-state index contributed by atoms with van der Waals surface area (Å²) in [5, 5.41) is 0. The van der Waals surface area contributed by atoms with Gasteiger partial charge in [-0.3, -0.25) is 4.79 Å². The van der Waals surface area contributed by atoms with Crippen LogP contribution in [0.15, 0.2) is 24.3 Å². The van der Waals surface area contributed by atoms with Crippen molar-refractivity contribution in [1.29, 1.82) is 0 Å². The molecule has 27 heavy (non-hydrogen) atoms. The summed E-state index contributed by atoms with van der Waals surface area (Å²) in [6.45, 7) is 5.67. The van der Waals surface area contributed by atoms with E-state index in [1.807, 2.05) is 34.9 Å². The Kier molecular flexibility index (Phi) is 5.40. The Morgan fingerprint density at radius 3 is 2.52 bits per heavy atom. The first-order chi connectivity index (χ1) is 12.8. The highest BCUT2D eigenvalue weighted by Crippen LogP contribution is 2.35. The number of H-pyrrole nitrogens is 1. The number of hydrogen-bond acceptors (Lipinski definition) is 4. The van der Waals surface area contributed by atoms with Crippen LogP contribution in [0.3, 0.4) is 0 Å². The molecule has 0 saturated carbocycles. The van der Waals surface area contributed by atoms with Crippen molar-refractivity contribution in [2.45, 2.75) is 52.1 Å². The number of ether oxygens (including phenoxy) is 1. The summed E-state index contributed by atoms with van der Waals surface area (Å²) in [6, 6.07) is 8.33. The minimum absolute atomic E-state index is 0.0919. The maximum Gasteiger partial charge on any atom is 0.355 e. The molecule has 1 aromatic carbocycles. The Bertz CT molecular complexity index is 849. The molecule has 5 nitrogen and oxygen atoms in total. The summed E-state index contributed by atoms with van der Waals surface area (Å²) < 4.78 is 5.44. The number of nitrogens with one attached hydrogen (secondary N) is 1. The van der Waals surface area contributed by atoms with Gasteiger partial charge in [-0.25, -0.2) is 4.79 Å². The van der Waals surface area contributed by atoms with Crippen LogP contribution in [-0.4, -0.2) is 36.9 Å². The maximum absolute atomic E-state index is 12.8.